The van der Waals surface area contributed by atoms with Crippen LogP contribution in [-0.4, -0.2) is 15.0 Å². The van der Waals surface area contributed by atoms with Crippen molar-refractivity contribution < 1.29 is 4.42 Å². The first-order chi connectivity index (χ1) is 14.9. The molecule has 6 heteroatoms. The molecule has 0 atom stereocenters. The molecule has 0 saturated carbocycles. The zero-order chi connectivity index (χ0) is 22.0. The van der Waals surface area contributed by atoms with Crippen LogP contribution < -0.4 is 10.9 Å². The maximum absolute atomic E-state index is 12.8. The van der Waals surface area contributed by atoms with E-state index in [-0.39, 0.29) is 5.56 Å². The Morgan fingerprint density at radius 2 is 1.81 bits per heavy atom. The lowest BCUT2D eigenvalue weighted by atomic mass is 10.1. The summed E-state index contributed by atoms with van der Waals surface area (Å²) < 4.78 is 5.55. The molecule has 4 aromatic rings. The van der Waals surface area contributed by atoms with E-state index in [9.17, 15) is 4.79 Å². The second-order valence-electron chi connectivity index (χ2n) is 7.90. The molecule has 0 unspecified atom stereocenters. The van der Waals surface area contributed by atoms with Crippen molar-refractivity contribution in [3.63, 3.8) is 0 Å². The summed E-state index contributed by atoms with van der Waals surface area (Å²) in [5.41, 5.74) is 5.71. The van der Waals surface area contributed by atoms with Crippen LogP contribution in [0.2, 0.25) is 0 Å². The van der Waals surface area contributed by atoms with Crippen molar-refractivity contribution in [2.45, 2.75) is 33.9 Å². The van der Waals surface area contributed by atoms with Gasteiger partial charge in [-0.3, -0.25) is 4.79 Å². The largest absolute Gasteiger partial charge is 0.467 e. The van der Waals surface area contributed by atoms with E-state index in [1.54, 1.807) is 6.26 Å². The standard InChI is InChI=1S/C25H25N3O2S/c1-16-7-9-22-19(11-16)13-20(24(29)26-22)14-28(15-21-5-4-10-30-21)25(31)27-23-12-17(2)6-8-18(23)3/h4-13H,14-15H2,1-3H3,(H,26,29)(H,27,31). The van der Waals surface area contributed by atoms with Gasteiger partial charge in [0, 0.05) is 16.8 Å². The summed E-state index contributed by atoms with van der Waals surface area (Å²) in [5, 5.41) is 4.89. The Hall–Kier alpha value is -3.38. The number of aryl methyl sites for hydroxylation is 3. The number of nitrogens with one attached hydrogen (secondary N) is 2. The van der Waals surface area contributed by atoms with Crippen molar-refractivity contribution in [1.29, 1.82) is 0 Å². The Kier molecular flexibility index (Phi) is 5.91. The summed E-state index contributed by atoms with van der Waals surface area (Å²) in [6.07, 6.45) is 1.64. The first-order valence-electron chi connectivity index (χ1n) is 10.2. The lowest BCUT2D eigenvalue weighted by Crippen LogP contribution is -2.35. The molecule has 0 saturated heterocycles. The summed E-state index contributed by atoms with van der Waals surface area (Å²) >= 11 is 5.75. The highest BCUT2D eigenvalue weighted by Crippen LogP contribution is 2.19. The van der Waals surface area contributed by atoms with E-state index in [0.29, 0.717) is 23.8 Å². The van der Waals surface area contributed by atoms with Gasteiger partial charge in [-0.25, -0.2) is 0 Å². The van der Waals surface area contributed by atoms with Crippen LogP contribution in [0.5, 0.6) is 0 Å². The molecule has 0 radical (unpaired) electrons. The third-order valence-corrected chi connectivity index (χ3v) is 5.65. The van der Waals surface area contributed by atoms with E-state index in [0.717, 1.165) is 39.0 Å². The molecule has 0 aliphatic rings. The van der Waals surface area contributed by atoms with E-state index in [2.05, 4.69) is 34.6 Å². The minimum atomic E-state index is -0.115. The van der Waals surface area contributed by atoms with Crippen LogP contribution in [0.3, 0.4) is 0 Å². The van der Waals surface area contributed by atoms with Gasteiger partial charge in [0.1, 0.15) is 5.76 Å². The van der Waals surface area contributed by atoms with Crippen LogP contribution in [0.15, 0.2) is 70.1 Å². The average Bonchev–Trinajstić information content (AvgIpc) is 3.24. The molecule has 2 aromatic carbocycles. The quantitative estimate of drug-likeness (QED) is 0.412. The maximum atomic E-state index is 12.8. The zero-order valence-corrected chi connectivity index (χ0v) is 18.7. The molecule has 31 heavy (non-hydrogen) atoms. The number of hydrogen-bond donors (Lipinski definition) is 2. The Morgan fingerprint density at radius 1 is 1.03 bits per heavy atom. The summed E-state index contributed by atoms with van der Waals surface area (Å²) in [6, 6.07) is 17.9. The Bertz CT molecular complexity index is 1290. The molecular formula is C25H25N3O2S. The van der Waals surface area contributed by atoms with Gasteiger partial charge in [0.25, 0.3) is 5.56 Å². The fourth-order valence-corrected chi connectivity index (χ4v) is 3.79. The fraction of sp³-hybridized carbons (Fsp3) is 0.200. The third kappa shape index (κ3) is 4.86. The SMILES string of the molecule is Cc1ccc(C)c(NC(=S)N(Cc2ccco2)Cc2cc3cc(C)ccc3[nH]c2=O)c1. The minimum Gasteiger partial charge on any atom is -0.467 e. The van der Waals surface area contributed by atoms with Crippen molar-refractivity contribution in [1.82, 2.24) is 9.88 Å². The number of rotatable bonds is 5. The van der Waals surface area contributed by atoms with Crippen molar-refractivity contribution in [2.24, 2.45) is 0 Å². The number of anilines is 1. The van der Waals surface area contributed by atoms with Gasteiger partial charge in [-0.2, -0.15) is 0 Å². The van der Waals surface area contributed by atoms with Crippen LogP contribution in [0.25, 0.3) is 10.9 Å². The Balaban J connectivity index is 1.66. The van der Waals surface area contributed by atoms with Crippen molar-refractivity contribution >= 4 is 33.9 Å². The molecule has 2 heterocycles. The molecular weight excluding hydrogens is 406 g/mol. The van der Waals surface area contributed by atoms with Gasteiger partial charge in [-0.1, -0.05) is 23.8 Å². The number of benzene rings is 2. The van der Waals surface area contributed by atoms with Gasteiger partial charge in [0.2, 0.25) is 0 Å². The number of nitrogens with zero attached hydrogens (tertiary/aromatic N) is 1. The van der Waals surface area contributed by atoms with E-state index in [1.807, 2.05) is 56.0 Å². The van der Waals surface area contributed by atoms with Gasteiger partial charge >= 0.3 is 0 Å². The first kappa shape index (κ1) is 20.9. The van der Waals surface area contributed by atoms with Crippen molar-refractivity contribution in [3.8, 4) is 0 Å². The van der Waals surface area contributed by atoms with Gasteiger partial charge in [0.15, 0.2) is 5.11 Å². The highest BCUT2D eigenvalue weighted by Gasteiger charge is 2.16. The lowest BCUT2D eigenvalue weighted by Gasteiger charge is -2.25. The highest BCUT2D eigenvalue weighted by molar-refractivity contribution is 7.80. The van der Waals surface area contributed by atoms with Gasteiger partial charge in [0.05, 0.1) is 19.4 Å². The number of hydrogen-bond acceptors (Lipinski definition) is 3. The van der Waals surface area contributed by atoms with Gasteiger partial charge < -0.3 is 19.6 Å². The second-order valence-corrected chi connectivity index (χ2v) is 8.29. The van der Waals surface area contributed by atoms with Gasteiger partial charge in [-0.15, -0.1) is 0 Å². The molecule has 2 aromatic heterocycles. The predicted molar refractivity (Wildman–Crippen MR) is 129 cm³/mol. The van der Waals surface area contributed by atoms with Crippen LogP contribution in [0.4, 0.5) is 5.69 Å². The summed E-state index contributed by atoms with van der Waals surface area (Å²) in [4.78, 5) is 17.7. The summed E-state index contributed by atoms with van der Waals surface area (Å²) in [5.74, 6) is 0.776. The molecule has 0 spiro atoms. The zero-order valence-electron chi connectivity index (χ0n) is 17.9. The molecule has 0 fully saturated rings. The Morgan fingerprint density at radius 3 is 2.58 bits per heavy atom. The van der Waals surface area contributed by atoms with E-state index < -0.39 is 0 Å². The van der Waals surface area contributed by atoms with Crippen LogP contribution in [-0.2, 0) is 13.1 Å². The van der Waals surface area contributed by atoms with Gasteiger partial charge in [-0.05, 0) is 85.9 Å². The summed E-state index contributed by atoms with van der Waals surface area (Å²) in [7, 11) is 0. The molecule has 5 nitrogen and oxygen atoms in total. The summed E-state index contributed by atoms with van der Waals surface area (Å²) in [6.45, 7) is 6.94. The number of aromatic nitrogens is 1. The normalized spacial score (nSPS) is 10.9. The monoisotopic (exact) mass is 431 g/mol. The first-order valence-corrected chi connectivity index (χ1v) is 10.6. The Labute approximate surface area is 186 Å². The van der Waals surface area contributed by atoms with Crippen LogP contribution >= 0.6 is 12.2 Å². The number of H-pyrrole nitrogens is 1. The molecule has 0 bridgehead atoms. The maximum Gasteiger partial charge on any atom is 0.253 e. The van der Waals surface area contributed by atoms with Crippen LogP contribution in [0, 0.1) is 20.8 Å². The van der Waals surface area contributed by atoms with Crippen LogP contribution in [0.1, 0.15) is 28.0 Å². The third-order valence-electron chi connectivity index (χ3n) is 5.29. The van der Waals surface area contributed by atoms with E-state index >= 15 is 0 Å². The van der Waals surface area contributed by atoms with E-state index in [4.69, 9.17) is 16.6 Å². The van der Waals surface area contributed by atoms with Crippen molar-refractivity contribution in [2.75, 3.05) is 5.32 Å². The second kappa shape index (κ2) is 8.78. The molecule has 0 aliphatic carbocycles. The molecule has 158 valence electrons. The topological polar surface area (TPSA) is 61.3 Å². The van der Waals surface area contributed by atoms with E-state index in [1.165, 1.54) is 0 Å². The number of pyridine rings is 1. The number of fused-ring (bicyclic) bond motifs is 1. The highest BCUT2D eigenvalue weighted by atomic mass is 32.1. The fourth-order valence-electron chi connectivity index (χ4n) is 3.55. The molecule has 2 N–H and O–H groups in total. The predicted octanol–water partition coefficient (Wildman–Crippen LogP) is 5.45. The molecule has 4 rings (SSSR count). The average molecular weight is 432 g/mol. The minimum absolute atomic E-state index is 0.115. The molecule has 0 amide bonds. The van der Waals surface area contributed by atoms with Crippen molar-refractivity contribution in [3.05, 3.63) is 99.2 Å². The number of thiocarbonyl (C=S) groups is 1. The number of furan rings is 1. The molecule has 0 aliphatic heterocycles. The number of aromatic amines is 1. The smallest absolute Gasteiger partial charge is 0.253 e. The lowest BCUT2D eigenvalue weighted by molar-refractivity contribution is 0.359.